The quantitative estimate of drug-likeness (QED) is 0.688. The third kappa shape index (κ3) is 3.60. The maximum Gasteiger partial charge on any atom is 0.147 e. The van der Waals surface area contributed by atoms with Crippen molar-refractivity contribution >= 4 is 11.0 Å². The van der Waals surface area contributed by atoms with Gasteiger partial charge in [0.1, 0.15) is 35.0 Å². The van der Waals surface area contributed by atoms with E-state index in [1.54, 1.807) is 7.11 Å². The Morgan fingerprint density at radius 2 is 1.80 bits per heavy atom. The lowest BCUT2D eigenvalue weighted by Gasteiger charge is -2.12. The van der Waals surface area contributed by atoms with Gasteiger partial charge in [0.15, 0.2) is 0 Å². The minimum atomic E-state index is 0.499. The molecule has 132 valence electrons. The monoisotopic (exact) mass is 339 g/mol. The van der Waals surface area contributed by atoms with E-state index < -0.39 is 0 Å². The molecule has 25 heavy (non-hydrogen) atoms. The number of benzene rings is 1. The average molecular weight is 339 g/mol. The first kappa shape index (κ1) is 17.3. The molecule has 0 fully saturated rings. The van der Waals surface area contributed by atoms with E-state index in [0.29, 0.717) is 6.61 Å². The van der Waals surface area contributed by atoms with Crippen LogP contribution in [0, 0.1) is 13.8 Å². The number of aryl methyl sites for hydroxylation is 3. The van der Waals surface area contributed by atoms with Crippen molar-refractivity contribution in [3.05, 3.63) is 47.0 Å². The number of nitrogens with one attached hydrogen (secondary N) is 1. The molecule has 0 bridgehead atoms. The van der Waals surface area contributed by atoms with E-state index >= 15 is 0 Å². The Balaban J connectivity index is 1.91. The van der Waals surface area contributed by atoms with Crippen LogP contribution in [0.25, 0.3) is 11.0 Å². The number of hydrogen-bond acceptors (Lipinski definition) is 4. The van der Waals surface area contributed by atoms with E-state index in [1.807, 2.05) is 24.5 Å². The molecule has 0 spiro atoms. The third-order valence-electron chi connectivity index (χ3n) is 4.47. The molecule has 0 unspecified atom stereocenters. The van der Waals surface area contributed by atoms with Gasteiger partial charge in [-0.15, -0.1) is 0 Å². The van der Waals surface area contributed by atoms with Crippen LogP contribution in [0.15, 0.2) is 24.5 Å². The van der Waals surface area contributed by atoms with Crippen molar-refractivity contribution in [1.29, 1.82) is 0 Å². The molecule has 0 aliphatic carbocycles. The summed E-state index contributed by atoms with van der Waals surface area (Å²) in [6, 6.07) is 3.85. The van der Waals surface area contributed by atoms with Crippen LogP contribution in [0.4, 0.5) is 0 Å². The first-order chi connectivity index (χ1) is 12.1. The number of methoxy groups -OCH3 is 1. The summed E-state index contributed by atoms with van der Waals surface area (Å²) in [5, 5.41) is 0. The van der Waals surface area contributed by atoms with Gasteiger partial charge >= 0.3 is 0 Å². The van der Waals surface area contributed by atoms with Crippen LogP contribution in [0.3, 0.4) is 0 Å². The molecule has 2 aromatic heterocycles. The Kier molecular flexibility index (Phi) is 5.22. The number of aromatic nitrogens is 3. The summed E-state index contributed by atoms with van der Waals surface area (Å²) in [6.07, 6.45) is 6.90. The Morgan fingerprint density at radius 3 is 2.48 bits per heavy atom. The third-order valence-corrected chi connectivity index (χ3v) is 4.47. The molecule has 0 amide bonds. The van der Waals surface area contributed by atoms with Gasteiger partial charge in [0.25, 0.3) is 0 Å². The highest BCUT2D eigenvalue weighted by molar-refractivity contribution is 5.87. The number of imidazole rings is 1. The van der Waals surface area contributed by atoms with Crippen LogP contribution in [-0.4, -0.2) is 22.1 Å². The molecule has 0 atom stereocenters. The zero-order valence-electron chi connectivity index (χ0n) is 15.3. The first-order valence-corrected chi connectivity index (χ1v) is 8.72. The van der Waals surface area contributed by atoms with Crippen molar-refractivity contribution in [2.24, 2.45) is 0 Å². The number of ether oxygens (including phenoxy) is 2. The zero-order chi connectivity index (χ0) is 17.8. The molecule has 1 N–H and O–H groups in total. The van der Waals surface area contributed by atoms with Crippen molar-refractivity contribution in [2.45, 2.75) is 46.6 Å². The lowest BCUT2D eigenvalue weighted by molar-refractivity contribution is 0.307. The Bertz CT molecular complexity index is 850. The van der Waals surface area contributed by atoms with Crippen molar-refractivity contribution in [3.8, 4) is 11.5 Å². The molecule has 2 heterocycles. The second-order valence-corrected chi connectivity index (χ2v) is 6.32. The standard InChI is InChI=1S/C20H25N3O2/c1-5-6-7-18-22-19-16(24-4)8-9-17(20(19)23-18)25-12-15-13(2)10-21-11-14(15)3/h8-11H,5-7,12H2,1-4H3,(H,22,23). The maximum absolute atomic E-state index is 6.12. The number of hydrogen-bond donors (Lipinski definition) is 1. The van der Waals surface area contributed by atoms with E-state index in [-0.39, 0.29) is 0 Å². The van der Waals surface area contributed by atoms with E-state index in [9.17, 15) is 0 Å². The largest absolute Gasteiger partial charge is 0.494 e. The van der Waals surface area contributed by atoms with Crippen LogP contribution in [-0.2, 0) is 13.0 Å². The molecule has 0 aliphatic heterocycles. The van der Waals surface area contributed by atoms with Gasteiger partial charge in [-0.1, -0.05) is 13.3 Å². The second kappa shape index (κ2) is 7.55. The van der Waals surface area contributed by atoms with Crippen LogP contribution in [0.5, 0.6) is 11.5 Å². The molecule has 5 nitrogen and oxygen atoms in total. The Labute approximate surface area is 148 Å². The van der Waals surface area contributed by atoms with Gasteiger partial charge in [0, 0.05) is 18.8 Å². The Morgan fingerprint density at radius 1 is 1.08 bits per heavy atom. The molecule has 3 rings (SSSR count). The maximum atomic E-state index is 6.12. The minimum Gasteiger partial charge on any atom is -0.494 e. The number of fused-ring (bicyclic) bond motifs is 1. The summed E-state index contributed by atoms with van der Waals surface area (Å²) in [7, 11) is 1.67. The lowest BCUT2D eigenvalue weighted by atomic mass is 10.1. The highest BCUT2D eigenvalue weighted by Gasteiger charge is 2.14. The molecule has 0 saturated heterocycles. The van der Waals surface area contributed by atoms with Crippen molar-refractivity contribution < 1.29 is 9.47 Å². The summed E-state index contributed by atoms with van der Waals surface area (Å²) in [5.74, 6) is 2.53. The fraction of sp³-hybridized carbons (Fsp3) is 0.400. The SMILES string of the molecule is CCCCc1nc2c(OCc3c(C)cncc3C)ccc(OC)c2[nH]1. The van der Waals surface area contributed by atoms with Gasteiger partial charge in [-0.3, -0.25) is 4.98 Å². The van der Waals surface area contributed by atoms with Crippen LogP contribution >= 0.6 is 0 Å². The normalized spacial score (nSPS) is 11.0. The number of aromatic amines is 1. The van der Waals surface area contributed by atoms with Gasteiger partial charge < -0.3 is 14.5 Å². The lowest BCUT2D eigenvalue weighted by Crippen LogP contribution is -2.02. The summed E-state index contributed by atoms with van der Waals surface area (Å²) in [6.45, 7) is 6.79. The van der Waals surface area contributed by atoms with E-state index in [4.69, 9.17) is 14.5 Å². The van der Waals surface area contributed by atoms with Crippen LogP contribution in [0.2, 0.25) is 0 Å². The van der Waals surface area contributed by atoms with Crippen LogP contribution in [0.1, 0.15) is 42.3 Å². The molecule has 0 radical (unpaired) electrons. The van der Waals surface area contributed by atoms with Gasteiger partial charge in [-0.05, 0) is 49.1 Å². The molecule has 1 aromatic carbocycles. The van der Waals surface area contributed by atoms with Gasteiger partial charge in [0.2, 0.25) is 0 Å². The van der Waals surface area contributed by atoms with Crippen molar-refractivity contribution in [1.82, 2.24) is 15.0 Å². The predicted molar refractivity (Wildman–Crippen MR) is 99.3 cm³/mol. The number of nitrogens with zero attached hydrogens (tertiary/aromatic N) is 2. The topological polar surface area (TPSA) is 60.0 Å². The molecule has 0 saturated carbocycles. The number of rotatable bonds is 7. The second-order valence-electron chi connectivity index (χ2n) is 6.32. The van der Waals surface area contributed by atoms with Gasteiger partial charge in [0.05, 0.1) is 7.11 Å². The molecular formula is C20H25N3O2. The molecule has 3 aromatic rings. The van der Waals surface area contributed by atoms with Crippen LogP contribution < -0.4 is 9.47 Å². The summed E-state index contributed by atoms with van der Waals surface area (Å²) in [5.41, 5.74) is 5.16. The molecule has 5 heteroatoms. The van der Waals surface area contributed by atoms with Crippen molar-refractivity contribution in [3.63, 3.8) is 0 Å². The molecule has 0 aliphatic rings. The fourth-order valence-electron chi connectivity index (χ4n) is 2.95. The van der Waals surface area contributed by atoms with Gasteiger partial charge in [-0.2, -0.15) is 0 Å². The van der Waals surface area contributed by atoms with E-state index in [0.717, 1.165) is 58.7 Å². The number of unbranched alkanes of at least 4 members (excludes halogenated alkanes) is 1. The number of H-pyrrole nitrogens is 1. The fourth-order valence-corrected chi connectivity index (χ4v) is 2.95. The minimum absolute atomic E-state index is 0.499. The average Bonchev–Trinajstić information content (AvgIpc) is 3.04. The predicted octanol–water partition coefficient (Wildman–Crippen LogP) is 4.50. The zero-order valence-corrected chi connectivity index (χ0v) is 15.3. The van der Waals surface area contributed by atoms with Gasteiger partial charge in [-0.25, -0.2) is 4.98 Å². The summed E-state index contributed by atoms with van der Waals surface area (Å²) < 4.78 is 11.6. The van der Waals surface area contributed by atoms with E-state index in [2.05, 4.69) is 30.7 Å². The molecular weight excluding hydrogens is 314 g/mol. The van der Waals surface area contributed by atoms with Crippen molar-refractivity contribution in [2.75, 3.05) is 7.11 Å². The Hall–Kier alpha value is -2.56. The summed E-state index contributed by atoms with van der Waals surface area (Å²) in [4.78, 5) is 12.3. The number of pyridine rings is 1. The smallest absolute Gasteiger partial charge is 0.147 e. The first-order valence-electron chi connectivity index (χ1n) is 8.72. The summed E-state index contributed by atoms with van der Waals surface area (Å²) >= 11 is 0. The highest BCUT2D eigenvalue weighted by atomic mass is 16.5. The van der Waals surface area contributed by atoms with E-state index in [1.165, 1.54) is 5.56 Å². The highest BCUT2D eigenvalue weighted by Crippen LogP contribution is 2.32.